The van der Waals surface area contributed by atoms with Crippen molar-refractivity contribution in [3.8, 4) is 0 Å². The summed E-state index contributed by atoms with van der Waals surface area (Å²) in [5, 5.41) is 23.4. The van der Waals surface area contributed by atoms with Gasteiger partial charge in [-0.25, -0.2) is 9.37 Å². The number of rotatable bonds is 5. The van der Waals surface area contributed by atoms with Crippen molar-refractivity contribution < 1.29 is 24.2 Å². The zero-order chi connectivity index (χ0) is 30.1. The zero-order valence-electron chi connectivity index (χ0n) is 24.2. The molecule has 3 aliphatic carbocycles. The molecule has 226 valence electrons. The molecule has 42 heavy (non-hydrogen) atoms. The molecule has 6 nitrogen and oxygen atoms in total. The SMILES string of the molecule is CC1(C)CCC2(CC1)C[C@@H](C(=O)CC1CCC(O)(CO)CC1)[C@H](c1ccnc(Cl)c1F)[C@]21C(=O)Nc2cc(Cl)ccc21. The van der Waals surface area contributed by atoms with E-state index in [9.17, 15) is 19.8 Å². The summed E-state index contributed by atoms with van der Waals surface area (Å²) in [6.45, 7) is 4.19. The van der Waals surface area contributed by atoms with Crippen molar-refractivity contribution in [2.45, 2.75) is 95.0 Å². The van der Waals surface area contributed by atoms with Crippen molar-refractivity contribution in [1.29, 1.82) is 0 Å². The van der Waals surface area contributed by atoms with Gasteiger partial charge in [-0.15, -0.1) is 0 Å². The second-order valence-corrected chi connectivity index (χ2v) is 15.0. The minimum Gasteiger partial charge on any atom is -0.393 e. The molecule has 0 saturated heterocycles. The number of anilines is 1. The van der Waals surface area contributed by atoms with Gasteiger partial charge in [-0.05, 0) is 104 Å². The number of ketones is 1. The van der Waals surface area contributed by atoms with Crippen molar-refractivity contribution in [2.24, 2.45) is 22.7 Å². The summed E-state index contributed by atoms with van der Waals surface area (Å²) in [5.74, 6) is -2.20. The summed E-state index contributed by atoms with van der Waals surface area (Å²) in [6, 6.07) is 6.99. The third-order valence-electron chi connectivity index (χ3n) is 11.3. The van der Waals surface area contributed by atoms with E-state index in [-0.39, 0.29) is 46.8 Å². The Labute approximate surface area is 256 Å². The quantitative estimate of drug-likeness (QED) is 0.315. The van der Waals surface area contributed by atoms with Gasteiger partial charge in [-0.1, -0.05) is 43.1 Å². The van der Waals surface area contributed by atoms with Gasteiger partial charge in [0.15, 0.2) is 11.0 Å². The van der Waals surface area contributed by atoms with Gasteiger partial charge in [0.1, 0.15) is 5.78 Å². The molecule has 0 bridgehead atoms. The first-order valence-corrected chi connectivity index (χ1v) is 15.9. The van der Waals surface area contributed by atoms with Gasteiger partial charge < -0.3 is 15.5 Å². The topological polar surface area (TPSA) is 99.5 Å². The van der Waals surface area contributed by atoms with E-state index >= 15 is 4.39 Å². The van der Waals surface area contributed by atoms with Gasteiger partial charge in [-0.2, -0.15) is 0 Å². The Morgan fingerprint density at radius 2 is 1.79 bits per heavy atom. The van der Waals surface area contributed by atoms with Crippen LogP contribution >= 0.6 is 23.2 Å². The molecule has 6 rings (SSSR count). The number of aliphatic hydroxyl groups excluding tert-OH is 1. The Morgan fingerprint density at radius 3 is 2.45 bits per heavy atom. The van der Waals surface area contributed by atoms with E-state index in [1.54, 1.807) is 18.2 Å². The smallest absolute Gasteiger partial charge is 0.236 e. The average molecular weight is 618 g/mol. The van der Waals surface area contributed by atoms with Gasteiger partial charge in [0, 0.05) is 35.2 Å². The highest BCUT2D eigenvalue weighted by molar-refractivity contribution is 6.31. The predicted molar refractivity (Wildman–Crippen MR) is 160 cm³/mol. The normalized spacial score (nSPS) is 33.1. The largest absolute Gasteiger partial charge is 0.393 e. The van der Waals surface area contributed by atoms with Crippen LogP contribution in [0.25, 0.3) is 0 Å². The third kappa shape index (κ3) is 4.61. The number of nitrogens with one attached hydrogen (secondary N) is 1. The number of benzene rings is 1. The van der Waals surface area contributed by atoms with E-state index in [0.29, 0.717) is 42.8 Å². The van der Waals surface area contributed by atoms with Crippen molar-refractivity contribution in [3.05, 3.63) is 57.6 Å². The number of hydrogen-bond donors (Lipinski definition) is 3. The summed E-state index contributed by atoms with van der Waals surface area (Å²) in [4.78, 5) is 33.0. The number of amides is 1. The fourth-order valence-electron chi connectivity index (χ4n) is 8.91. The minimum atomic E-state index is -1.18. The molecule has 0 radical (unpaired) electrons. The molecule has 1 aromatic carbocycles. The lowest BCUT2D eigenvalue weighted by atomic mass is 9.51. The lowest BCUT2D eigenvalue weighted by molar-refractivity contribution is -0.127. The second kappa shape index (κ2) is 10.5. The fourth-order valence-corrected chi connectivity index (χ4v) is 9.25. The van der Waals surface area contributed by atoms with Gasteiger partial charge in [-0.3, -0.25) is 9.59 Å². The monoisotopic (exact) mass is 616 g/mol. The fraction of sp³-hybridized carbons (Fsp3) is 0.606. The van der Waals surface area contributed by atoms with Crippen molar-refractivity contribution in [2.75, 3.05) is 11.9 Å². The number of pyridine rings is 1. The molecule has 9 heteroatoms. The van der Waals surface area contributed by atoms with Crippen LogP contribution in [-0.4, -0.2) is 39.1 Å². The van der Waals surface area contributed by atoms with Gasteiger partial charge in [0.05, 0.1) is 17.6 Å². The van der Waals surface area contributed by atoms with E-state index in [4.69, 9.17) is 23.2 Å². The minimum absolute atomic E-state index is 0.0167. The molecule has 1 aromatic heterocycles. The maximum Gasteiger partial charge on any atom is 0.236 e. The summed E-state index contributed by atoms with van der Waals surface area (Å²) >= 11 is 12.6. The molecule has 1 aliphatic heterocycles. The van der Waals surface area contributed by atoms with Crippen LogP contribution in [0.3, 0.4) is 0 Å². The van der Waals surface area contributed by atoms with Crippen LogP contribution in [0.15, 0.2) is 30.5 Å². The molecule has 2 heterocycles. The summed E-state index contributed by atoms with van der Waals surface area (Å²) in [6.07, 6.45) is 7.60. The number of carbonyl (C=O) groups is 2. The van der Waals surface area contributed by atoms with Crippen LogP contribution in [0.5, 0.6) is 0 Å². The van der Waals surface area contributed by atoms with Gasteiger partial charge in [0.2, 0.25) is 5.91 Å². The molecule has 4 aliphatic rings. The summed E-state index contributed by atoms with van der Waals surface area (Å²) in [7, 11) is 0. The van der Waals surface area contributed by atoms with Crippen LogP contribution in [0.1, 0.15) is 95.1 Å². The van der Waals surface area contributed by atoms with Crippen LogP contribution in [0, 0.1) is 28.5 Å². The van der Waals surface area contributed by atoms with E-state index in [0.717, 1.165) is 31.2 Å². The first-order valence-electron chi connectivity index (χ1n) is 15.1. The van der Waals surface area contributed by atoms with E-state index in [1.807, 2.05) is 6.07 Å². The van der Waals surface area contributed by atoms with E-state index in [1.165, 1.54) is 6.20 Å². The molecule has 2 spiro atoms. The molecule has 0 unspecified atom stereocenters. The van der Waals surface area contributed by atoms with Crippen LogP contribution < -0.4 is 5.32 Å². The highest BCUT2D eigenvalue weighted by Crippen LogP contribution is 2.72. The highest BCUT2D eigenvalue weighted by Gasteiger charge is 2.72. The third-order valence-corrected chi connectivity index (χ3v) is 11.8. The molecule has 3 fully saturated rings. The van der Waals surface area contributed by atoms with Crippen molar-refractivity contribution in [3.63, 3.8) is 0 Å². The van der Waals surface area contributed by atoms with Crippen LogP contribution in [0.2, 0.25) is 10.2 Å². The average Bonchev–Trinajstić information content (AvgIpc) is 3.41. The predicted octanol–water partition coefficient (Wildman–Crippen LogP) is 6.98. The highest BCUT2D eigenvalue weighted by atomic mass is 35.5. The second-order valence-electron chi connectivity index (χ2n) is 14.2. The van der Waals surface area contributed by atoms with E-state index in [2.05, 4.69) is 24.1 Å². The number of Topliss-reactive ketones (excluding diaryl/α,β-unsaturated/α-hetero) is 1. The molecular weight excluding hydrogens is 578 g/mol. The zero-order valence-corrected chi connectivity index (χ0v) is 25.7. The molecular formula is C33H39Cl2FN2O4. The van der Waals surface area contributed by atoms with Crippen LogP contribution in [0.4, 0.5) is 10.1 Å². The lowest BCUT2D eigenvalue weighted by Crippen LogP contribution is -2.52. The van der Waals surface area contributed by atoms with Crippen molar-refractivity contribution in [1.82, 2.24) is 4.98 Å². The van der Waals surface area contributed by atoms with Crippen molar-refractivity contribution >= 4 is 40.6 Å². The van der Waals surface area contributed by atoms with E-state index < -0.39 is 34.1 Å². The van der Waals surface area contributed by atoms with Crippen LogP contribution in [-0.2, 0) is 15.0 Å². The Kier molecular flexibility index (Phi) is 7.52. The first kappa shape index (κ1) is 30.0. The summed E-state index contributed by atoms with van der Waals surface area (Å²) < 4.78 is 16.0. The maximum absolute atomic E-state index is 16.0. The Morgan fingerprint density at radius 1 is 1.10 bits per heavy atom. The molecule has 3 N–H and O–H groups in total. The van der Waals surface area contributed by atoms with Gasteiger partial charge >= 0.3 is 0 Å². The Hall–Kier alpha value is -2.06. The molecule has 3 saturated carbocycles. The first-order chi connectivity index (χ1) is 19.8. The standard InChI is InChI=1S/C33H39Cl2FN2O4/c1-30(2)10-12-31(13-11-30)17-22(25(40)15-19-5-8-32(42,18-39)9-6-19)26(21-7-14-37-28(35)27(21)36)33(31)23-4-3-20(34)16-24(23)38-29(33)41/h3-4,7,14,16,19,22,26,39,42H,5-6,8-13,15,17-18H2,1-2H3,(H,38,41)/t19?,22-,26-,32?,33+/m0/s1. The Bertz CT molecular complexity index is 1410. The summed E-state index contributed by atoms with van der Waals surface area (Å²) in [5.41, 5.74) is -1.10. The Balaban J connectivity index is 1.50. The number of aliphatic hydroxyl groups is 2. The molecule has 3 atom stereocenters. The molecule has 2 aromatic rings. The maximum atomic E-state index is 16.0. The number of aromatic nitrogens is 1. The number of hydrogen-bond acceptors (Lipinski definition) is 5. The number of fused-ring (bicyclic) bond motifs is 3. The number of nitrogens with zero attached hydrogens (tertiary/aromatic N) is 1. The van der Waals surface area contributed by atoms with Gasteiger partial charge in [0.25, 0.3) is 0 Å². The molecule has 1 amide bonds. The lowest BCUT2D eigenvalue weighted by Gasteiger charge is -2.51. The number of halogens is 3. The number of carbonyl (C=O) groups excluding carboxylic acids is 2.